The lowest BCUT2D eigenvalue weighted by molar-refractivity contribution is 0.0740. The Bertz CT molecular complexity index is 883. The third kappa shape index (κ3) is 3.13. The largest absolute Gasteiger partial charge is 0.352 e. The fourth-order valence-corrected chi connectivity index (χ4v) is 3.03. The molecule has 8 nitrogen and oxygen atoms in total. The molecule has 4 heterocycles. The molecule has 0 aromatic carbocycles. The van der Waals surface area contributed by atoms with Crippen molar-refractivity contribution >= 4 is 11.7 Å². The SMILES string of the molecule is Cc1nccn1-c1ccc(N2CCN(C(=O)c3ccccn3)CC2)nn1. The zero-order valence-corrected chi connectivity index (χ0v) is 14.5. The number of hydrogen-bond donors (Lipinski definition) is 0. The van der Waals surface area contributed by atoms with Crippen molar-refractivity contribution in [1.82, 2.24) is 29.6 Å². The summed E-state index contributed by atoms with van der Waals surface area (Å²) in [6.07, 6.45) is 5.24. The number of piperazine rings is 1. The van der Waals surface area contributed by atoms with Crippen LogP contribution in [-0.2, 0) is 0 Å². The lowest BCUT2D eigenvalue weighted by Gasteiger charge is -2.35. The third-order valence-electron chi connectivity index (χ3n) is 4.48. The second-order valence-corrected chi connectivity index (χ2v) is 6.09. The molecule has 0 N–H and O–H groups in total. The quantitative estimate of drug-likeness (QED) is 0.710. The highest BCUT2D eigenvalue weighted by atomic mass is 16.2. The van der Waals surface area contributed by atoms with E-state index in [1.165, 1.54) is 0 Å². The summed E-state index contributed by atoms with van der Waals surface area (Å²) in [6, 6.07) is 9.27. The highest BCUT2D eigenvalue weighted by Crippen LogP contribution is 2.16. The topological polar surface area (TPSA) is 80.0 Å². The number of hydrogen-bond acceptors (Lipinski definition) is 6. The van der Waals surface area contributed by atoms with E-state index in [-0.39, 0.29) is 5.91 Å². The van der Waals surface area contributed by atoms with E-state index in [1.807, 2.05) is 46.9 Å². The molecular weight excluding hydrogens is 330 g/mol. The molecule has 0 atom stereocenters. The average Bonchev–Trinajstić information content (AvgIpc) is 3.14. The normalized spacial score (nSPS) is 14.5. The number of nitrogens with zero attached hydrogens (tertiary/aromatic N) is 7. The fourth-order valence-electron chi connectivity index (χ4n) is 3.03. The van der Waals surface area contributed by atoms with Gasteiger partial charge in [0.05, 0.1) is 0 Å². The summed E-state index contributed by atoms with van der Waals surface area (Å²) in [7, 11) is 0. The monoisotopic (exact) mass is 349 g/mol. The summed E-state index contributed by atoms with van der Waals surface area (Å²) in [5.41, 5.74) is 0.487. The van der Waals surface area contributed by atoms with Crippen LogP contribution in [-0.4, -0.2) is 61.7 Å². The molecule has 4 rings (SSSR count). The Balaban J connectivity index is 1.40. The molecule has 0 spiro atoms. The van der Waals surface area contributed by atoms with Gasteiger partial charge < -0.3 is 9.80 Å². The van der Waals surface area contributed by atoms with Crippen molar-refractivity contribution < 1.29 is 4.79 Å². The molecule has 3 aromatic rings. The van der Waals surface area contributed by atoms with Gasteiger partial charge in [-0.2, -0.15) is 0 Å². The van der Waals surface area contributed by atoms with Gasteiger partial charge in [0.2, 0.25) is 0 Å². The smallest absolute Gasteiger partial charge is 0.272 e. The molecule has 0 saturated carbocycles. The van der Waals surface area contributed by atoms with Crippen LogP contribution in [0.3, 0.4) is 0 Å². The number of carbonyl (C=O) groups excluding carboxylic acids is 1. The first kappa shape index (κ1) is 16.2. The molecule has 1 amide bonds. The molecule has 8 heteroatoms. The van der Waals surface area contributed by atoms with Crippen LogP contribution in [0.1, 0.15) is 16.3 Å². The van der Waals surface area contributed by atoms with Crippen LogP contribution in [0.4, 0.5) is 5.82 Å². The van der Waals surface area contributed by atoms with E-state index in [0.717, 1.165) is 30.5 Å². The molecule has 26 heavy (non-hydrogen) atoms. The number of aryl methyl sites for hydroxylation is 1. The van der Waals surface area contributed by atoms with Gasteiger partial charge in [-0.3, -0.25) is 14.3 Å². The molecule has 1 aliphatic rings. The van der Waals surface area contributed by atoms with E-state index in [9.17, 15) is 4.79 Å². The second-order valence-electron chi connectivity index (χ2n) is 6.09. The maximum atomic E-state index is 12.5. The Hall–Kier alpha value is -3.29. The Morgan fingerprint density at radius 1 is 0.923 bits per heavy atom. The van der Waals surface area contributed by atoms with Crippen LogP contribution in [0.25, 0.3) is 5.82 Å². The zero-order valence-electron chi connectivity index (χ0n) is 14.5. The molecule has 1 aliphatic heterocycles. The van der Waals surface area contributed by atoms with E-state index in [2.05, 4.69) is 25.1 Å². The van der Waals surface area contributed by atoms with Crippen molar-refractivity contribution in [3.05, 3.63) is 60.4 Å². The molecular formula is C18H19N7O. The Morgan fingerprint density at radius 3 is 2.31 bits per heavy atom. The Labute approximate surface area is 151 Å². The van der Waals surface area contributed by atoms with E-state index in [1.54, 1.807) is 18.5 Å². The number of carbonyl (C=O) groups is 1. The first-order chi connectivity index (χ1) is 12.7. The molecule has 0 aliphatic carbocycles. The maximum absolute atomic E-state index is 12.5. The van der Waals surface area contributed by atoms with Crippen molar-refractivity contribution in [2.75, 3.05) is 31.1 Å². The lowest BCUT2D eigenvalue weighted by Crippen LogP contribution is -2.49. The molecule has 1 fully saturated rings. The van der Waals surface area contributed by atoms with Gasteiger partial charge in [-0.15, -0.1) is 10.2 Å². The summed E-state index contributed by atoms with van der Waals surface area (Å²) in [5, 5.41) is 8.64. The van der Waals surface area contributed by atoms with Crippen LogP contribution >= 0.6 is 0 Å². The molecule has 0 unspecified atom stereocenters. The van der Waals surface area contributed by atoms with Gasteiger partial charge in [0.15, 0.2) is 11.6 Å². The van der Waals surface area contributed by atoms with Gasteiger partial charge in [-0.05, 0) is 31.2 Å². The number of amides is 1. The van der Waals surface area contributed by atoms with Crippen molar-refractivity contribution in [1.29, 1.82) is 0 Å². The summed E-state index contributed by atoms with van der Waals surface area (Å²) in [5.74, 6) is 2.40. The number of pyridine rings is 1. The molecule has 1 saturated heterocycles. The molecule has 3 aromatic heterocycles. The lowest BCUT2D eigenvalue weighted by atomic mass is 10.2. The summed E-state index contributed by atoms with van der Waals surface area (Å²) < 4.78 is 1.89. The minimum absolute atomic E-state index is 0.0257. The van der Waals surface area contributed by atoms with E-state index in [4.69, 9.17) is 0 Å². The zero-order chi connectivity index (χ0) is 17.9. The standard InChI is InChI=1S/C18H19N7O/c1-14-19-8-9-25(14)17-6-5-16(21-22-17)23-10-12-24(13-11-23)18(26)15-4-2-3-7-20-15/h2-9H,10-13H2,1H3. The van der Waals surface area contributed by atoms with Gasteiger partial charge in [0, 0.05) is 44.8 Å². The maximum Gasteiger partial charge on any atom is 0.272 e. The van der Waals surface area contributed by atoms with Crippen LogP contribution in [0.2, 0.25) is 0 Å². The van der Waals surface area contributed by atoms with Crippen LogP contribution in [0.15, 0.2) is 48.9 Å². The third-order valence-corrected chi connectivity index (χ3v) is 4.48. The highest BCUT2D eigenvalue weighted by Gasteiger charge is 2.23. The number of anilines is 1. The number of aromatic nitrogens is 5. The van der Waals surface area contributed by atoms with E-state index in [0.29, 0.717) is 18.8 Å². The molecule has 0 bridgehead atoms. The molecule has 0 radical (unpaired) electrons. The minimum atomic E-state index is -0.0257. The average molecular weight is 349 g/mol. The fraction of sp³-hybridized carbons (Fsp3) is 0.278. The van der Waals surface area contributed by atoms with Crippen molar-refractivity contribution in [3.8, 4) is 5.82 Å². The first-order valence-corrected chi connectivity index (χ1v) is 8.52. The van der Waals surface area contributed by atoms with Crippen LogP contribution < -0.4 is 4.90 Å². The number of imidazole rings is 1. The molecule has 132 valence electrons. The summed E-state index contributed by atoms with van der Waals surface area (Å²) in [6.45, 7) is 4.64. The highest BCUT2D eigenvalue weighted by molar-refractivity contribution is 5.92. The van der Waals surface area contributed by atoms with Crippen molar-refractivity contribution in [2.45, 2.75) is 6.92 Å². The van der Waals surface area contributed by atoms with Gasteiger partial charge in [-0.25, -0.2) is 4.98 Å². The van der Waals surface area contributed by atoms with E-state index < -0.39 is 0 Å². The van der Waals surface area contributed by atoms with Gasteiger partial charge in [0.25, 0.3) is 5.91 Å². The predicted molar refractivity (Wildman–Crippen MR) is 96.2 cm³/mol. The van der Waals surface area contributed by atoms with Gasteiger partial charge in [-0.1, -0.05) is 6.07 Å². The second kappa shape index (κ2) is 6.91. The van der Waals surface area contributed by atoms with Crippen molar-refractivity contribution in [2.24, 2.45) is 0 Å². The summed E-state index contributed by atoms with van der Waals surface area (Å²) >= 11 is 0. The van der Waals surface area contributed by atoms with E-state index >= 15 is 0 Å². The van der Waals surface area contributed by atoms with Crippen molar-refractivity contribution in [3.63, 3.8) is 0 Å². The van der Waals surface area contributed by atoms with Crippen LogP contribution in [0, 0.1) is 6.92 Å². The Morgan fingerprint density at radius 2 is 1.69 bits per heavy atom. The minimum Gasteiger partial charge on any atom is -0.352 e. The predicted octanol–water partition coefficient (Wildman–Crippen LogP) is 1.33. The van der Waals surface area contributed by atoms with Crippen LogP contribution in [0.5, 0.6) is 0 Å². The first-order valence-electron chi connectivity index (χ1n) is 8.52. The Kier molecular flexibility index (Phi) is 4.30. The number of rotatable bonds is 3. The van der Waals surface area contributed by atoms with Gasteiger partial charge in [0.1, 0.15) is 11.5 Å². The van der Waals surface area contributed by atoms with Gasteiger partial charge >= 0.3 is 0 Å². The summed E-state index contributed by atoms with van der Waals surface area (Å²) in [4.78, 5) is 24.8.